The second-order valence-corrected chi connectivity index (χ2v) is 4.03. The van der Waals surface area contributed by atoms with Gasteiger partial charge in [0.15, 0.2) is 0 Å². The fourth-order valence-corrected chi connectivity index (χ4v) is 1.76. The molecule has 0 heterocycles. The van der Waals surface area contributed by atoms with E-state index in [9.17, 15) is 13.2 Å². The summed E-state index contributed by atoms with van der Waals surface area (Å²) in [4.78, 5) is 0.164. The molecule has 1 aromatic rings. The van der Waals surface area contributed by atoms with Gasteiger partial charge >= 0.3 is 6.18 Å². The molecule has 0 spiro atoms. The van der Waals surface area contributed by atoms with E-state index < -0.39 is 11.7 Å². The Morgan fingerprint density at radius 1 is 1.36 bits per heavy atom. The molecule has 1 rings (SSSR count). The van der Waals surface area contributed by atoms with Crippen LogP contribution in [0.1, 0.15) is 11.1 Å². The quantitative estimate of drug-likeness (QED) is 0.572. The smallest absolute Gasteiger partial charge is 0.192 e. The van der Waals surface area contributed by atoms with Gasteiger partial charge in [0, 0.05) is 8.47 Å². The molecule has 0 saturated carbocycles. The molecule has 0 saturated heterocycles. The van der Waals surface area contributed by atoms with E-state index in [-0.39, 0.29) is 14.0 Å². The Kier molecular flexibility index (Phi) is 3.32. The van der Waals surface area contributed by atoms with Crippen LogP contribution in [0.3, 0.4) is 0 Å². The lowest BCUT2D eigenvalue weighted by molar-refractivity contribution is -0.138. The van der Waals surface area contributed by atoms with E-state index in [1.54, 1.807) is 28.7 Å². The van der Waals surface area contributed by atoms with Crippen LogP contribution >= 0.6 is 35.2 Å². The normalized spacial score (nSPS) is 11.1. The predicted molar refractivity (Wildman–Crippen MR) is 56.1 cm³/mol. The molecule has 0 aliphatic rings. The summed E-state index contributed by atoms with van der Waals surface area (Å²) in [7, 11) is 0. The molecular weight excluding hydrogens is 326 g/mol. The van der Waals surface area contributed by atoms with Crippen LogP contribution in [0.25, 0.3) is 0 Å². The minimum Gasteiger partial charge on any atom is -0.192 e. The zero-order valence-electron chi connectivity index (χ0n) is 6.56. The van der Waals surface area contributed by atoms with Gasteiger partial charge in [0.2, 0.25) is 0 Å². The van der Waals surface area contributed by atoms with E-state index in [2.05, 4.69) is 12.6 Å². The minimum absolute atomic E-state index is 0.0115. The summed E-state index contributed by atoms with van der Waals surface area (Å²) in [6.45, 7) is 0. The highest BCUT2D eigenvalue weighted by molar-refractivity contribution is 14.1. The first-order chi connectivity index (χ1) is 6.36. The third-order valence-electron chi connectivity index (χ3n) is 1.49. The van der Waals surface area contributed by atoms with Crippen LogP contribution in [-0.4, -0.2) is 0 Å². The molecule has 0 bridgehead atoms. The number of nitrogens with zero attached hydrogens (tertiary/aromatic N) is 1. The van der Waals surface area contributed by atoms with Crippen molar-refractivity contribution in [3.05, 3.63) is 26.8 Å². The van der Waals surface area contributed by atoms with Crippen LogP contribution in [0.4, 0.5) is 13.2 Å². The Balaban J connectivity index is 3.44. The molecule has 0 aliphatic carbocycles. The van der Waals surface area contributed by atoms with Crippen molar-refractivity contribution in [3.8, 4) is 6.07 Å². The molecular formula is C8H3F3INS. The Morgan fingerprint density at radius 3 is 2.36 bits per heavy atom. The average molecular weight is 329 g/mol. The lowest BCUT2D eigenvalue weighted by atomic mass is 10.1. The van der Waals surface area contributed by atoms with Crippen molar-refractivity contribution in [1.29, 1.82) is 5.26 Å². The monoisotopic (exact) mass is 329 g/mol. The Labute approximate surface area is 97.5 Å². The van der Waals surface area contributed by atoms with Crippen LogP contribution in [0, 0.1) is 14.9 Å². The van der Waals surface area contributed by atoms with Gasteiger partial charge in [-0.1, -0.05) is 0 Å². The number of hydrogen-bond acceptors (Lipinski definition) is 2. The van der Waals surface area contributed by atoms with Crippen LogP contribution < -0.4 is 0 Å². The van der Waals surface area contributed by atoms with E-state index in [1.165, 1.54) is 6.07 Å². The maximum Gasteiger partial charge on any atom is 0.417 e. The van der Waals surface area contributed by atoms with Crippen molar-refractivity contribution in [2.45, 2.75) is 11.1 Å². The molecule has 14 heavy (non-hydrogen) atoms. The van der Waals surface area contributed by atoms with E-state index in [1.807, 2.05) is 0 Å². The first-order valence-electron chi connectivity index (χ1n) is 3.36. The minimum atomic E-state index is -4.44. The molecule has 0 fully saturated rings. The molecule has 0 N–H and O–H groups in total. The fourth-order valence-electron chi connectivity index (χ4n) is 0.880. The average Bonchev–Trinajstić information content (AvgIpc) is 2.07. The van der Waals surface area contributed by atoms with Crippen molar-refractivity contribution < 1.29 is 13.2 Å². The molecule has 0 radical (unpaired) electrons. The van der Waals surface area contributed by atoms with Gasteiger partial charge < -0.3 is 0 Å². The van der Waals surface area contributed by atoms with Crippen molar-refractivity contribution in [1.82, 2.24) is 0 Å². The summed E-state index contributed by atoms with van der Waals surface area (Å²) in [5.74, 6) is 0. The van der Waals surface area contributed by atoms with E-state index in [0.717, 1.165) is 6.07 Å². The number of nitriles is 1. The largest absolute Gasteiger partial charge is 0.417 e. The molecule has 0 aliphatic heterocycles. The van der Waals surface area contributed by atoms with E-state index in [4.69, 9.17) is 5.26 Å². The van der Waals surface area contributed by atoms with Gasteiger partial charge in [-0.05, 0) is 34.7 Å². The Hall–Kier alpha value is -0.420. The molecule has 1 aromatic carbocycles. The summed E-state index contributed by atoms with van der Waals surface area (Å²) in [5, 5.41) is 8.49. The second-order valence-electron chi connectivity index (χ2n) is 2.47. The predicted octanol–water partition coefficient (Wildman–Crippen LogP) is 3.47. The number of thiol groups is 1. The van der Waals surface area contributed by atoms with Crippen LogP contribution in [-0.2, 0) is 6.18 Å². The first-order valence-corrected chi connectivity index (χ1v) is 4.88. The maximum atomic E-state index is 12.4. The number of halogens is 4. The van der Waals surface area contributed by atoms with Gasteiger partial charge in [-0.2, -0.15) is 18.4 Å². The lowest BCUT2D eigenvalue weighted by Gasteiger charge is -2.10. The number of hydrogen-bond donors (Lipinski definition) is 1. The van der Waals surface area contributed by atoms with Crippen molar-refractivity contribution in [3.63, 3.8) is 0 Å². The van der Waals surface area contributed by atoms with Gasteiger partial charge in [-0.15, -0.1) is 12.6 Å². The first kappa shape index (κ1) is 11.7. The van der Waals surface area contributed by atoms with Crippen LogP contribution in [0.5, 0.6) is 0 Å². The zero-order chi connectivity index (χ0) is 10.9. The zero-order valence-corrected chi connectivity index (χ0v) is 9.61. The third kappa shape index (κ3) is 2.33. The van der Waals surface area contributed by atoms with E-state index in [0.29, 0.717) is 0 Å². The highest BCUT2D eigenvalue weighted by atomic mass is 127. The number of rotatable bonds is 0. The molecule has 0 unspecified atom stereocenters. The molecule has 74 valence electrons. The van der Waals surface area contributed by atoms with Gasteiger partial charge in [0.1, 0.15) is 0 Å². The Morgan fingerprint density at radius 2 is 1.93 bits per heavy atom. The lowest BCUT2D eigenvalue weighted by Crippen LogP contribution is -2.08. The molecule has 1 nitrogen and oxygen atoms in total. The summed E-state index contributed by atoms with van der Waals surface area (Å²) in [5.41, 5.74) is -0.857. The standard InChI is InChI=1S/C8H3F3INS/c9-8(10,11)5-1-4(3-13)2-6(14)7(5)12/h1-2,14H. The van der Waals surface area contributed by atoms with Gasteiger partial charge in [0.25, 0.3) is 0 Å². The molecule has 0 aromatic heterocycles. The summed E-state index contributed by atoms with van der Waals surface area (Å²) >= 11 is 5.42. The van der Waals surface area contributed by atoms with Crippen molar-refractivity contribution in [2.75, 3.05) is 0 Å². The molecule has 6 heteroatoms. The summed E-state index contributed by atoms with van der Waals surface area (Å²) in [6.07, 6.45) is -4.44. The number of alkyl halides is 3. The fraction of sp³-hybridized carbons (Fsp3) is 0.125. The highest BCUT2D eigenvalue weighted by Gasteiger charge is 2.34. The third-order valence-corrected chi connectivity index (χ3v) is 3.43. The Bertz CT molecular complexity index is 408. The van der Waals surface area contributed by atoms with Crippen LogP contribution in [0.15, 0.2) is 17.0 Å². The summed E-state index contributed by atoms with van der Waals surface area (Å²) < 4.78 is 37.2. The number of benzene rings is 1. The summed E-state index contributed by atoms with van der Waals surface area (Å²) in [6, 6.07) is 3.78. The van der Waals surface area contributed by atoms with Crippen molar-refractivity contribution in [2.24, 2.45) is 0 Å². The maximum absolute atomic E-state index is 12.4. The topological polar surface area (TPSA) is 23.8 Å². The van der Waals surface area contributed by atoms with Gasteiger partial charge in [0.05, 0.1) is 17.2 Å². The highest BCUT2D eigenvalue weighted by Crippen LogP contribution is 2.35. The van der Waals surface area contributed by atoms with Crippen molar-refractivity contribution >= 4 is 35.2 Å². The van der Waals surface area contributed by atoms with E-state index >= 15 is 0 Å². The SMILES string of the molecule is N#Cc1cc(S)c(I)c(C(F)(F)F)c1. The van der Waals surface area contributed by atoms with Crippen LogP contribution in [0.2, 0.25) is 0 Å². The molecule has 0 amide bonds. The molecule has 0 atom stereocenters. The second kappa shape index (κ2) is 3.98. The van der Waals surface area contributed by atoms with Gasteiger partial charge in [-0.3, -0.25) is 0 Å². The van der Waals surface area contributed by atoms with Gasteiger partial charge in [-0.25, -0.2) is 0 Å².